The number of carbonyl (C=O) groups excluding carboxylic acids is 2. The molecular weight excluding hydrogens is 262 g/mol. The Bertz CT molecular complexity index is 434. The van der Waals surface area contributed by atoms with Gasteiger partial charge in [-0.3, -0.25) is 9.59 Å². The van der Waals surface area contributed by atoms with Gasteiger partial charge in [0.15, 0.2) is 0 Å². The molecule has 0 fully saturated rings. The van der Waals surface area contributed by atoms with Gasteiger partial charge < -0.3 is 16.4 Å². The van der Waals surface area contributed by atoms with Crippen molar-refractivity contribution in [3.05, 3.63) is 24.3 Å². The van der Waals surface area contributed by atoms with Crippen LogP contribution >= 0.6 is 11.8 Å². The number of carbonyl (C=O) groups is 2. The van der Waals surface area contributed by atoms with Crippen molar-refractivity contribution >= 4 is 35.0 Å². The minimum atomic E-state index is -0.498. The van der Waals surface area contributed by atoms with Crippen molar-refractivity contribution in [3.8, 4) is 0 Å². The summed E-state index contributed by atoms with van der Waals surface area (Å²) in [6.07, 6.45) is 2.63. The topological polar surface area (TPSA) is 84.2 Å². The molecule has 0 radical (unpaired) electrons. The van der Waals surface area contributed by atoms with Crippen molar-refractivity contribution in [1.82, 2.24) is 0 Å². The first-order chi connectivity index (χ1) is 9.02. The van der Waals surface area contributed by atoms with Gasteiger partial charge in [0, 0.05) is 18.3 Å². The molecule has 0 aliphatic heterocycles. The second-order valence-electron chi connectivity index (χ2n) is 4.14. The molecule has 19 heavy (non-hydrogen) atoms. The van der Waals surface area contributed by atoms with Gasteiger partial charge in [0.2, 0.25) is 11.8 Å². The van der Waals surface area contributed by atoms with Gasteiger partial charge in [-0.15, -0.1) is 0 Å². The Labute approximate surface area is 117 Å². The molecule has 0 saturated heterocycles. The molecule has 1 atom stereocenters. The number of hydrogen-bond acceptors (Lipinski definition) is 4. The lowest BCUT2D eigenvalue weighted by atomic mass is 10.2. The van der Waals surface area contributed by atoms with E-state index in [4.69, 9.17) is 5.73 Å². The minimum absolute atomic E-state index is 0.129. The van der Waals surface area contributed by atoms with Crippen molar-refractivity contribution in [2.24, 2.45) is 5.73 Å². The van der Waals surface area contributed by atoms with E-state index in [1.54, 1.807) is 36.0 Å². The smallest absolute Gasteiger partial charge is 0.241 e. The maximum absolute atomic E-state index is 11.8. The molecule has 0 spiro atoms. The number of nitrogens with one attached hydrogen (secondary N) is 2. The monoisotopic (exact) mass is 281 g/mol. The van der Waals surface area contributed by atoms with Gasteiger partial charge in [-0.25, -0.2) is 0 Å². The van der Waals surface area contributed by atoms with Crippen LogP contribution in [0.4, 0.5) is 11.4 Å². The molecule has 6 heteroatoms. The summed E-state index contributed by atoms with van der Waals surface area (Å²) in [5, 5.41) is 5.40. The van der Waals surface area contributed by atoms with Crippen LogP contribution in [0.1, 0.15) is 13.3 Å². The van der Waals surface area contributed by atoms with Gasteiger partial charge in [0.05, 0.1) is 6.04 Å². The third kappa shape index (κ3) is 5.76. The van der Waals surface area contributed by atoms with E-state index in [9.17, 15) is 9.59 Å². The maximum Gasteiger partial charge on any atom is 0.241 e. The second kappa shape index (κ2) is 7.81. The summed E-state index contributed by atoms with van der Waals surface area (Å²) < 4.78 is 0. The van der Waals surface area contributed by atoms with E-state index in [1.165, 1.54) is 6.92 Å². The van der Waals surface area contributed by atoms with E-state index >= 15 is 0 Å². The lowest BCUT2D eigenvalue weighted by Crippen LogP contribution is -2.36. The summed E-state index contributed by atoms with van der Waals surface area (Å²) in [7, 11) is 0. The molecule has 0 saturated carbocycles. The van der Waals surface area contributed by atoms with Crippen molar-refractivity contribution < 1.29 is 9.59 Å². The lowest BCUT2D eigenvalue weighted by Gasteiger charge is -2.12. The zero-order valence-corrected chi connectivity index (χ0v) is 11.9. The summed E-state index contributed by atoms with van der Waals surface area (Å²) in [6, 6.07) is 6.41. The molecule has 0 aliphatic rings. The quantitative estimate of drug-likeness (QED) is 0.740. The molecule has 1 aromatic carbocycles. The lowest BCUT2D eigenvalue weighted by molar-refractivity contribution is -0.117. The van der Waals surface area contributed by atoms with E-state index in [1.807, 2.05) is 6.26 Å². The molecule has 2 amide bonds. The molecule has 1 aromatic rings. The number of rotatable bonds is 6. The van der Waals surface area contributed by atoms with Crippen LogP contribution in [0, 0.1) is 0 Å². The van der Waals surface area contributed by atoms with Crippen molar-refractivity contribution in [2.45, 2.75) is 19.4 Å². The fourth-order valence-electron chi connectivity index (χ4n) is 1.45. The van der Waals surface area contributed by atoms with Crippen LogP contribution < -0.4 is 16.4 Å². The van der Waals surface area contributed by atoms with Gasteiger partial charge in [0.1, 0.15) is 0 Å². The Hall–Kier alpha value is -1.53. The van der Waals surface area contributed by atoms with Crippen molar-refractivity contribution in [1.29, 1.82) is 0 Å². The van der Waals surface area contributed by atoms with E-state index in [0.717, 1.165) is 5.75 Å². The highest BCUT2D eigenvalue weighted by molar-refractivity contribution is 7.98. The Kier molecular flexibility index (Phi) is 6.38. The molecule has 0 aromatic heterocycles. The van der Waals surface area contributed by atoms with E-state index in [0.29, 0.717) is 17.8 Å². The summed E-state index contributed by atoms with van der Waals surface area (Å²) in [6.45, 7) is 1.44. The van der Waals surface area contributed by atoms with E-state index < -0.39 is 6.04 Å². The average Bonchev–Trinajstić information content (AvgIpc) is 2.37. The SMILES string of the molecule is CSCC[C@@H](N)C(=O)Nc1ccc(NC(C)=O)cc1. The van der Waals surface area contributed by atoms with Crippen molar-refractivity contribution in [3.63, 3.8) is 0 Å². The summed E-state index contributed by atoms with van der Waals surface area (Å²) in [5.41, 5.74) is 7.12. The largest absolute Gasteiger partial charge is 0.326 e. The highest BCUT2D eigenvalue weighted by Gasteiger charge is 2.12. The molecule has 4 N–H and O–H groups in total. The summed E-state index contributed by atoms with van der Waals surface area (Å²) in [5.74, 6) is 0.535. The molecule has 104 valence electrons. The fourth-order valence-corrected chi connectivity index (χ4v) is 1.94. The van der Waals surface area contributed by atoms with Crippen LogP contribution in [-0.2, 0) is 9.59 Å². The third-order valence-electron chi connectivity index (χ3n) is 2.44. The first-order valence-corrected chi connectivity index (χ1v) is 7.35. The first-order valence-electron chi connectivity index (χ1n) is 5.96. The van der Waals surface area contributed by atoms with Gasteiger partial charge in [-0.2, -0.15) is 11.8 Å². The Morgan fingerprint density at radius 1 is 1.21 bits per heavy atom. The van der Waals surface area contributed by atoms with Crippen LogP contribution in [0.25, 0.3) is 0 Å². The van der Waals surface area contributed by atoms with Gasteiger partial charge in [-0.1, -0.05) is 0 Å². The fraction of sp³-hybridized carbons (Fsp3) is 0.385. The van der Waals surface area contributed by atoms with Gasteiger partial charge >= 0.3 is 0 Å². The van der Waals surface area contributed by atoms with E-state index in [-0.39, 0.29) is 11.8 Å². The average molecular weight is 281 g/mol. The van der Waals surface area contributed by atoms with Crippen LogP contribution in [0.15, 0.2) is 24.3 Å². The predicted octanol–water partition coefficient (Wildman–Crippen LogP) is 1.66. The highest BCUT2D eigenvalue weighted by atomic mass is 32.2. The number of thioether (sulfide) groups is 1. The second-order valence-corrected chi connectivity index (χ2v) is 5.12. The molecule has 5 nitrogen and oxygen atoms in total. The number of benzene rings is 1. The summed E-state index contributed by atoms with van der Waals surface area (Å²) in [4.78, 5) is 22.6. The standard InChI is InChI=1S/C13H19N3O2S/c1-9(17)15-10-3-5-11(6-4-10)16-13(18)12(14)7-8-19-2/h3-6,12H,7-8,14H2,1-2H3,(H,15,17)(H,16,18)/t12-/m1/s1. The molecule has 0 unspecified atom stereocenters. The number of amides is 2. The molecular formula is C13H19N3O2S. The number of hydrogen-bond donors (Lipinski definition) is 3. The predicted molar refractivity (Wildman–Crippen MR) is 80.3 cm³/mol. The Morgan fingerprint density at radius 2 is 1.74 bits per heavy atom. The molecule has 0 bridgehead atoms. The van der Waals surface area contributed by atoms with Crippen LogP contribution in [0.3, 0.4) is 0 Å². The summed E-state index contributed by atoms with van der Waals surface area (Å²) >= 11 is 1.66. The van der Waals surface area contributed by atoms with Gasteiger partial charge in [0.25, 0.3) is 0 Å². The van der Waals surface area contributed by atoms with Crippen LogP contribution in [0.5, 0.6) is 0 Å². The van der Waals surface area contributed by atoms with Gasteiger partial charge in [-0.05, 0) is 42.7 Å². The van der Waals surface area contributed by atoms with Crippen LogP contribution in [-0.4, -0.2) is 29.9 Å². The van der Waals surface area contributed by atoms with Crippen molar-refractivity contribution in [2.75, 3.05) is 22.6 Å². The normalized spacial score (nSPS) is 11.7. The van der Waals surface area contributed by atoms with E-state index in [2.05, 4.69) is 10.6 Å². The molecule has 1 rings (SSSR count). The minimum Gasteiger partial charge on any atom is -0.326 e. The Morgan fingerprint density at radius 3 is 2.21 bits per heavy atom. The Balaban J connectivity index is 2.52. The number of nitrogens with two attached hydrogens (primary N) is 1. The highest BCUT2D eigenvalue weighted by Crippen LogP contribution is 2.14. The first kappa shape index (κ1) is 15.5. The zero-order valence-electron chi connectivity index (χ0n) is 11.1. The number of anilines is 2. The molecule has 0 heterocycles. The molecule has 0 aliphatic carbocycles. The third-order valence-corrected chi connectivity index (χ3v) is 3.09. The van der Waals surface area contributed by atoms with Crippen LogP contribution in [0.2, 0.25) is 0 Å². The maximum atomic E-state index is 11.8. The zero-order chi connectivity index (χ0) is 14.3.